The Hall–Kier alpha value is -4.52. The summed E-state index contributed by atoms with van der Waals surface area (Å²) in [4.78, 5) is 34.1. The number of benzene rings is 2. The number of hydrogen-bond donors (Lipinski definition) is 0. The third kappa shape index (κ3) is 4.65. The number of hydrogen-bond acceptors (Lipinski definition) is 7. The third-order valence-electron chi connectivity index (χ3n) is 7.70. The van der Waals surface area contributed by atoms with Crippen LogP contribution >= 0.6 is 0 Å². The number of nitriles is 1. The molecule has 10 nitrogen and oxygen atoms in total. The fraction of sp³-hybridized carbons (Fsp3) is 0.379. The van der Waals surface area contributed by atoms with E-state index in [-0.39, 0.29) is 36.1 Å². The minimum absolute atomic E-state index is 0.00187. The Morgan fingerprint density at radius 1 is 1.15 bits per heavy atom. The molecule has 0 spiro atoms. The molecule has 0 radical (unpaired) electrons. The number of aromatic nitrogens is 4. The second-order valence-corrected chi connectivity index (χ2v) is 10.6. The highest BCUT2D eigenvalue weighted by Gasteiger charge is 2.38. The van der Waals surface area contributed by atoms with Crippen LogP contribution in [0.25, 0.3) is 22.3 Å². The SMILES string of the molecule is CC(C)n1ncc2ccc(-c3noc(C4CCN(C(=O)C5CC(=O)N(c6cccc(C#N)c6)C5)CC4)n3)cc21. The molecule has 0 bridgehead atoms. The number of amides is 2. The van der Waals surface area contributed by atoms with E-state index in [1.54, 1.807) is 29.2 Å². The molecule has 39 heavy (non-hydrogen) atoms. The van der Waals surface area contributed by atoms with Gasteiger partial charge in [0.2, 0.25) is 23.5 Å². The lowest BCUT2D eigenvalue weighted by Crippen LogP contribution is -2.42. The number of carbonyl (C=O) groups is 2. The lowest BCUT2D eigenvalue weighted by molar-refractivity contribution is -0.136. The zero-order chi connectivity index (χ0) is 27.1. The molecule has 2 aromatic carbocycles. The van der Waals surface area contributed by atoms with Crippen molar-refractivity contribution in [3.05, 3.63) is 60.1 Å². The first-order valence-corrected chi connectivity index (χ1v) is 13.3. The van der Waals surface area contributed by atoms with Gasteiger partial charge in [-0.3, -0.25) is 14.3 Å². The van der Waals surface area contributed by atoms with Crippen LogP contribution in [-0.4, -0.2) is 56.3 Å². The van der Waals surface area contributed by atoms with Crippen molar-refractivity contribution in [3.63, 3.8) is 0 Å². The molecule has 6 rings (SSSR count). The molecule has 2 amide bonds. The number of piperidine rings is 1. The molecule has 198 valence electrons. The first-order chi connectivity index (χ1) is 18.9. The van der Waals surface area contributed by atoms with Crippen molar-refractivity contribution < 1.29 is 14.1 Å². The summed E-state index contributed by atoms with van der Waals surface area (Å²) in [6.45, 7) is 5.68. The van der Waals surface area contributed by atoms with Crippen LogP contribution < -0.4 is 4.90 Å². The van der Waals surface area contributed by atoms with Crippen LogP contribution in [0.5, 0.6) is 0 Å². The average Bonchev–Trinajstić information content (AvgIpc) is 3.71. The van der Waals surface area contributed by atoms with Crippen LogP contribution in [0, 0.1) is 17.2 Å². The third-order valence-corrected chi connectivity index (χ3v) is 7.70. The molecule has 1 atom stereocenters. The molecule has 2 aromatic heterocycles. The standard InChI is InChI=1S/C29H29N7O3/c1-18(2)36-25-13-21(6-7-22(25)16-31-36)27-32-28(39-33-27)20-8-10-34(11-9-20)29(38)23-14-26(37)35(17-23)24-5-3-4-19(12-24)15-30/h3-7,12-13,16,18,20,23H,8-11,14,17H2,1-2H3. The van der Waals surface area contributed by atoms with Crippen molar-refractivity contribution in [1.29, 1.82) is 5.26 Å². The second-order valence-electron chi connectivity index (χ2n) is 10.6. The van der Waals surface area contributed by atoms with Crippen LogP contribution in [-0.2, 0) is 9.59 Å². The summed E-state index contributed by atoms with van der Waals surface area (Å²) in [5.41, 5.74) is 3.06. The predicted molar refractivity (Wildman–Crippen MR) is 144 cm³/mol. The molecular formula is C29H29N7O3. The fourth-order valence-electron chi connectivity index (χ4n) is 5.58. The predicted octanol–water partition coefficient (Wildman–Crippen LogP) is 4.30. The Kier molecular flexibility index (Phi) is 6.35. The van der Waals surface area contributed by atoms with Crippen molar-refractivity contribution >= 4 is 28.4 Å². The van der Waals surface area contributed by atoms with Gasteiger partial charge >= 0.3 is 0 Å². The van der Waals surface area contributed by atoms with E-state index in [4.69, 9.17) is 14.8 Å². The second kappa shape index (κ2) is 9.98. The van der Waals surface area contributed by atoms with Gasteiger partial charge in [0.25, 0.3) is 0 Å². The Bertz CT molecular complexity index is 1590. The highest BCUT2D eigenvalue weighted by molar-refractivity contribution is 6.00. The molecule has 4 aromatic rings. The van der Waals surface area contributed by atoms with Crippen molar-refractivity contribution in [1.82, 2.24) is 24.8 Å². The van der Waals surface area contributed by atoms with Gasteiger partial charge in [0.15, 0.2) is 0 Å². The summed E-state index contributed by atoms with van der Waals surface area (Å²) >= 11 is 0. The Morgan fingerprint density at radius 2 is 1.97 bits per heavy atom. The van der Waals surface area contributed by atoms with E-state index in [2.05, 4.69) is 30.2 Å². The molecule has 2 aliphatic rings. The monoisotopic (exact) mass is 523 g/mol. The van der Waals surface area contributed by atoms with E-state index in [0.29, 0.717) is 42.6 Å². The summed E-state index contributed by atoms with van der Waals surface area (Å²) in [6, 6.07) is 15.3. The number of rotatable bonds is 5. The zero-order valence-electron chi connectivity index (χ0n) is 21.9. The molecule has 0 N–H and O–H groups in total. The maximum Gasteiger partial charge on any atom is 0.230 e. The normalized spacial score (nSPS) is 18.3. The fourth-order valence-corrected chi connectivity index (χ4v) is 5.58. The number of anilines is 1. The number of likely N-dealkylation sites (tertiary alicyclic amines) is 1. The summed E-state index contributed by atoms with van der Waals surface area (Å²) in [5.74, 6) is 0.745. The van der Waals surface area contributed by atoms with Gasteiger partial charge in [-0.1, -0.05) is 23.4 Å². The van der Waals surface area contributed by atoms with Crippen LogP contribution in [0.3, 0.4) is 0 Å². The molecule has 1 unspecified atom stereocenters. The van der Waals surface area contributed by atoms with Gasteiger partial charge in [-0.2, -0.15) is 15.3 Å². The van der Waals surface area contributed by atoms with Crippen LogP contribution in [0.2, 0.25) is 0 Å². The van der Waals surface area contributed by atoms with Gasteiger partial charge < -0.3 is 14.3 Å². The number of fused-ring (bicyclic) bond motifs is 1. The minimum atomic E-state index is -0.385. The van der Waals surface area contributed by atoms with E-state index in [1.165, 1.54) is 0 Å². The topological polar surface area (TPSA) is 121 Å². The summed E-state index contributed by atoms with van der Waals surface area (Å²) in [6.07, 6.45) is 3.49. The molecule has 2 saturated heterocycles. The number of nitrogens with zero attached hydrogens (tertiary/aromatic N) is 7. The highest BCUT2D eigenvalue weighted by Crippen LogP contribution is 2.32. The quantitative estimate of drug-likeness (QED) is 0.382. The van der Waals surface area contributed by atoms with Crippen molar-refractivity contribution in [2.75, 3.05) is 24.5 Å². The Morgan fingerprint density at radius 3 is 2.74 bits per heavy atom. The lowest BCUT2D eigenvalue weighted by Gasteiger charge is -2.32. The van der Waals surface area contributed by atoms with E-state index in [0.717, 1.165) is 29.3 Å². The van der Waals surface area contributed by atoms with Crippen molar-refractivity contribution in [2.24, 2.45) is 5.92 Å². The van der Waals surface area contributed by atoms with Gasteiger partial charge in [0.1, 0.15) is 0 Å². The van der Waals surface area contributed by atoms with Gasteiger partial charge in [-0.05, 0) is 51.0 Å². The minimum Gasteiger partial charge on any atom is -0.342 e. The Labute approximate surface area is 225 Å². The van der Waals surface area contributed by atoms with E-state index < -0.39 is 0 Å². The molecule has 4 heterocycles. The molecule has 10 heteroatoms. The van der Waals surface area contributed by atoms with Gasteiger partial charge in [-0.15, -0.1) is 0 Å². The smallest absolute Gasteiger partial charge is 0.230 e. The zero-order valence-corrected chi connectivity index (χ0v) is 21.9. The maximum atomic E-state index is 13.3. The summed E-state index contributed by atoms with van der Waals surface area (Å²) < 4.78 is 7.64. The average molecular weight is 524 g/mol. The van der Waals surface area contributed by atoms with Crippen LogP contribution in [0.4, 0.5) is 5.69 Å². The van der Waals surface area contributed by atoms with Gasteiger partial charge in [0.05, 0.1) is 29.3 Å². The first-order valence-electron chi connectivity index (χ1n) is 13.3. The molecule has 2 aliphatic heterocycles. The molecule has 0 aliphatic carbocycles. The number of carbonyl (C=O) groups excluding carboxylic acids is 2. The van der Waals surface area contributed by atoms with Crippen molar-refractivity contribution in [3.8, 4) is 17.5 Å². The highest BCUT2D eigenvalue weighted by atomic mass is 16.5. The van der Waals surface area contributed by atoms with Gasteiger partial charge in [-0.25, -0.2) is 0 Å². The molecule has 2 fully saturated rings. The van der Waals surface area contributed by atoms with E-state index in [1.807, 2.05) is 34.0 Å². The van der Waals surface area contributed by atoms with Crippen LogP contribution in [0.15, 0.2) is 53.2 Å². The van der Waals surface area contributed by atoms with E-state index >= 15 is 0 Å². The first kappa shape index (κ1) is 24.8. The summed E-state index contributed by atoms with van der Waals surface area (Å²) in [5, 5.41) is 19.0. The summed E-state index contributed by atoms with van der Waals surface area (Å²) in [7, 11) is 0. The Balaban J connectivity index is 1.09. The van der Waals surface area contributed by atoms with Gasteiger partial charge in [0, 0.05) is 54.7 Å². The lowest BCUT2D eigenvalue weighted by atomic mass is 9.95. The van der Waals surface area contributed by atoms with Crippen molar-refractivity contribution in [2.45, 2.75) is 45.1 Å². The molecule has 0 saturated carbocycles. The van der Waals surface area contributed by atoms with Crippen LogP contribution in [0.1, 0.15) is 56.5 Å². The molecular weight excluding hydrogens is 494 g/mol. The maximum absolute atomic E-state index is 13.3. The van der Waals surface area contributed by atoms with E-state index in [9.17, 15) is 9.59 Å². The largest absolute Gasteiger partial charge is 0.342 e.